The van der Waals surface area contributed by atoms with Crippen molar-refractivity contribution in [1.82, 2.24) is 15.3 Å². The van der Waals surface area contributed by atoms with Gasteiger partial charge in [0.05, 0.1) is 30.4 Å². The minimum absolute atomic E-state index is 0.0751. The van der Waals surface area contributed by atoms with Crippen LogP contribution in [0.15, 0.2) is 47.6 Å². The average molecular weight is 649 g/mol. The first-order valence-corrected chi connectivity index (χ1v) is 14.4. The van der Waals surface area contributed by atoms with Gasteiger partial charge in [0.2, 0.25) is 0 Å². The maximum Gasteiger partial charge on any atom is 0.416 e. The highest BCUT2D eigenvalue weighted by Gasteiger charge is 2.37. The van der Waals surface area contributed by atoms with Gasteiger partial charge in [-0.15, -0.1) is 0 Å². The lowest BCUT2D eigenvalue weighted by molar-refractivity contribution is -0.143. The van der Waals surface area contributed by atoms with Crippen molar-refractivity contribution in [3.8, 4) is 5.75 Å². The van der Waals surface area contributed by atoms with Crippen LogP contribution >= 0.6 is 12.2 Å². The number of likely N-dealkylation sites (tertiary alicyclic amines) is 1. The third kappa shape index (κ3) is 10.6. The van der Waals surface area contributed by atoms with E-state index in [0.717, 1.165) is 25.9 Å². The molecule has 0 radical (unpaired) electrons. The smallest absolute Gasteiger partial charge is 0.416 e. The van der Waals surface area contributed by atoms with E-state index in [0.29, 0.717) is 67.0 Å². The van der Waals surface area contributed by atoms with Crippen molar-refractivity contribution in [3.05, 3.63) is 64.7 Å². The number of rotatable bonds is 11. The number of hydrogen-bond acceptors (Lipinski definition) is 8. The van der Waals surface area contributed by atoms with E-state index in [2.05, 4.69) is 27.5 Å². The lowest BCUT2D eigenvalue weighted by Gasteiger charge is -2.28. The van der Waals surface area contributed by atoms with Crippen molar-refractivity contribution in [2.24, 2.45) is 5.16 Å². The van der Waals surface area contributed by atoms with Crippen molar-refractivity contribution in [1.29, 1.82) is 0 Å². The molecular weight excluding hydrogens is 614 g/mol. The van der Waals surface area contributed by atoms with Gasteiger partial charge in [0.25, 0.3) is 0 Å². The largest absolute Gasteiger partial charge is 0.486 e. The van der Waals surface area contributed by atoms with Crippen LogP contribution in [-0.4, -0.2) is 86.2 Å². The van der Waals surface area contributed by atoms with Crippen molar-refractivity contribution >= 4 is 22.9 Å². The summed E-state index contributed by atoms with van der Waals surface area (Å²) in [6.07, 6.45) is -8.02. The minimum Gasteiger partial charge on any atom is -0.486 e. The number of benzene rings is 2. The standard InChI is InChI=1S/C29H34F6N4O4S/c1-38-8-6-25(7-9-38)43-37-27(44)19-41-24-4-2-21(3-5-24)26(17-39-10-12-40-13-11-39)36-42-18-20-14-22(28(30,31)32)16-23(15-20)29(33,34)35/h2-5,14-16,25H,6-13,17-19H2,1H3,(H,37,44)/b36-26-. The van der Waals surface area contributed by atoms with Gasteiger partial charge in [0.15, 0.2) is 0 Å². The molecule has 0 spiro atoms. The number of halogens is 6. The highest BCUT2D eigenvalue weighted by atomic mass is 32.1. The summed E-state index contributed by atoms with van der Waals surface area (Å²) in [6, 6.07) is 8.18. The molecule has 0 bridgehead atoms. The normalized spacial score (nSPS) is 17.8. The molecule has 2 aliphatic rings. The first-order chi connectivity index (χ1) is 20.9. The second-order valence-electron chi connectivity index (χ2n) is 10.6. The fraction of sp³-hybridized carbons (Fsp3) is 0.517. The first kappa shape index (κ1) is 33.9. The Kier molecular flexibility index (Phi) is 11.8. The van der Waals surface area contributed by atoms with E-state index in [1.165, 1.54) is 0 Å². The molecule has 2 aliphatic heterocycles. The topological polar surface area (TPSA) is 67.8 Å². The Morgan fingerprint density at radius 2 is 1.57 bits per heavy atom. The molecule has 0 unspecified atom stereocenters. The van der Waals surface area contributed by atoms with Gasteiger partial charge in [-0.2, -0.15) is 26.3 Å². The molecule has 0 aliphatic carbocycles. The minimum atomic E-state index is -4.95. The molecule has 44 heavy (non-hydrogen) atoms. The molecule has 0 amide bonds. The molecule has 0 atom stereocenters. The summed E-state index contributed by atoms with van der Waals surface area (Å²) < 4.78 is 90.6. The van der Waals surface area contributed by atoms with E-state index in [1.54, 1.807) is 24.3 Å². The van der Waals surface area contributed by atoms with Crippen LogP contribution in [0.3, 0.4) is 0 Å². The monoisotopic (exact) mass is 648 g/mol. The predicted molar refractivity (Wildman–Crippen MR) is 154 cm³/mol. The molecule has 2 saturated heterocycles. The maximum atomic E-state index is 13.2. The summed E-state index contributed by atoms with van der Waals surface area (Å²) in [7, 11) is 2.06. The number of hydrogen-bond donors (Lipinski definition) is 1. The van der Waals surface area contributed by atoms with Crippen LogP contribution in [-0.2, 0) is 33.4 Å². The van der Waals surface area contributed by atoms with Gasteiger partial charge in [-0.3, -0.25) is 15.2 Å². The second kappa shape index (κ2) is 15.3. The Balaban J connectivity index is 1.39. The summed E-state index contributed by atoms with van der Waals surface area (Å²) in [5, 5.41) is 4.12. The van der Waals surface area contributed by atoms with Crippen molar-refractivity contribution in [2.45, 2.75) is 37.9 Å². The molecule has 15 heteroatoms. The van der Waals surface area contributed by atoms with E-state index in [9.17, 15) is 26.3 Å². The number of morpholine rings is 1. The Morgan fingerprint density at radius 1 is 0.955 bits per heavy atom. The Morgan fingerprint density at radius 3 is 2.16 bits per heavy atom. The lowest BCUT2D eigenvalue weighted by Crippen LogP contribution is -2.39. The predicted octanol–water partition coefficient (Wildman–Crippen LogP) is 5.30. The van der Waals surface area contributed by atoms with Crippen molar-refractivity contribution in [3.63, 3.8) is 0 Å². The van der Waals surface area contributed by atoms with Crippen LogP contribution in [0.2, 0.25) is 0 Å². The number of hydroxylamine groups is 1. The van der Waals surface area contributed by atoms with E-state index < -0.39 is 30.1 Å². The van der Waals surface area contributed by atoms with Crippen LogP contribution in [0, 0.1) is 0 Å². The number of piperidine rings is 1. The van der Waals surface area contributed by atoms with Crippen LogP contribution in [0.1, 0.15) is 35.1 Å². The zero-order valence-electron chi connectivity index (χ0n) is 24.0. The molecule has 4 rings (SSSR count). The van der Waals surface area contributed by atoms with Gasteiger partial charge in [0.1, 0.15) is 29.7 Å². The SMILES string of the molecule is CN1CCC(ONC(=S)COc2ccc(/C(CN3CCOCC3)=N\OCc3cc(C(F)(F)F)cc(C(F)(F)F)c3)cc2)CC1. The molecule has 242 valence electrons. The van der Waals surface area contributed by atoms with E-state index >= 15 is 0 Å². The van der Waals surface area contributed by atoms with E-state index in [1.807, 2.05) is 0 Å². The summed E-state index contributed by atoms with van der Waals surface area (Å²) in [4.78, 5) is 15.7. The molecule has 2 aromatic rings. The van der Waals surface area contributed by atoms with Gasteiger partial charge < -0.3 is 19.2 Å². The van der Waals surface area contributed by atoms with Crippen LogP contribution < -0.4 is 10.2 Å². The average Bonchev–Trinajstić information content (AvgIpc) is 2.99. The summed E-state index contributed by atoms with van der Waals surface area (Å²) in [5.41, 5.74) is 0.714. The fourth-order valence-electron chi connectivity index (χ4n) is 4.61. The summed E-state index contributed by atoms with van der Waals surface area (Å²) in [5.74, 6) is 0.521. The van der Waals surface area contributed by atoms with Crippen molar-refractivity contribution < 1.29 is 45.5 Å². The highest BCUT2D eigenvalue weighted by molar-refractivity contribution is 7.80. The van der Waals surface area contributed by atoms with Gasteiger partial charge in [-0.05, 0) is 67.9 Å². The Hall–Kier alpha value is -2.98. The molecule has 2 aromatic carbocycles. The quantitative estimate of drug-likeness (QED) is 0.153. The molecule has 0 aromatic heterocycles. The molecule has 1 N–H and O–H groups in total. The number of alkyl halides is 6. The number of thiocarbonyl (C=S) groups is 1. The number of nitrogens with zero attached hydrogens (tertiary/aromatic N) is 3. The van der Waals surface area contributed by atoms with Gasteiger partial charge in [-0.1, -0.05) is 17.4 Å². The summed E-state index contributed by atoms with van der Waals surface area (Å²) >= 11 is 5.30. The maximum absolute atomic E-state index is 13.2. The molecule has 2 heterocycles. The fourth-order valence-corrected chi connectivity index (χ4v) is 4.71. The third-order valence-electron chi connectivity index (χ3n) is 7.09. The van der Waals surface area contributed by atoms with Gasteiger partial charge in [-0.25, -0.2) is 0 Å². The second-order valence-corrected chi connectivity index (χ2v) is 11.1. The summed E-state index contributed by atoms with van der Waals surface area (Å²) in [6.45, 7) is 3.99. The van der Waals surface area contributed by atoms with Gasteiger partial charge >= 0.3 is 12.4 Å². The molecular formula is C29H34F6N4O4S. The van der Waals surface area contributed by atoms with Crippen LogP contribution in [0.4, 0.5) is 26.3 Å². The van der Waals surface area contributed by atoms with Crippen LogP contribution in [0.5, 0.6) is 5.75 Å². The number of ether oxygens (including phenoxy) is 2. The first-order valence-electron chi connectivity index (χ1n) is 14.0. The molecule has 8 nitrogen and oxygen atoms in total. The van der Waals surface area contributed by atoms with E-state index in [4.69, 9.17) is 31.4 Å². The molecule has 2 fully saturated rings. The van der Waals surface area contributed by atoms with E-state index in [-0.39, 0.29) is 24.3 Å². The van der Waals surface area contributed by atoms with Crippen molar-refractivity contribution in [2.75, 3.05) is 59.6 Å². The zero-order chi connectivity index (χ0) is 31.7. The number of oxime groups is 1. The highest BCUT2D eigenvalue weighted by Crippen LogP contribution is 2.36. The van der Waals surface area contributed by atoms with Crippen LogP contribution in [0.25, 0.3) is 0 Å². The van der Waals surface area contributed by atoms with Gasteiger partial charge in [0, 0.05) is 38.3 Å². The Bertz CT molecular complexity index is 1230. The molecule has 0 saturated carbocycles. The lowest BCUT2D eigenvalue weighted by atomic mass is 10.1. The Labute approximate surface area is 256 Å². The zero-order valence-corrected chi connectivity index (χ0v) is 24.9. The third-order valence-corrected chi connectivity index (χ3v) is 7.29. The number of nitrogens with one attached hydrogen (secondary N) is 1.